The molecule has 1 heterocycles. The van der Waals surface area contributed by atoms with Crippen molar-refractivity contribution in [1.82, 2.24) is 0 Å². The van der Waals surface area contributed by atoms with Gasteiger partial charge in [-0.2, -0.15) is 0 Å². The molecule has 0 bridgehead atoms. The van der Waals surface area contributed by atoms with E-state index >= 15 is 0 Å². The molecule has 0 saturated heterocycles. The zero-order valence-corrected chi connectivity index (χ0v) is 10.6. The minimum absolute atomic E-state index is 0. The van der Waals surface area contributed by atoms with Crippen molar-refractivity contribution in [1.29, 1.82) is 0 Å². The van der Waals surface area contributed by atoms with Crippen molar-refractivity contribution >= 4 is 35.3 Å². The summed E-state index contributed by atoms with van der Waals surface area (Å²) in [7, 11) is 0. The Labute approximate surface area is 109 Å². The summed E-state index contributed by atoms with van der Waals surface area (Å²) in [5.41, 5.74) is 6.68. The average Bonchev–Trinajstić information content (AvgIpc) is 2.74. The molecule has 2 rings (SSSR count). The van der Waals surface area contributed by atoms with Crippen LogP contribution in [0.1, 0.15) is 16.5 Å². The Morgan fingerprint density at radius 3 is 2.62 bits per heavy atom. The van der Waals surface area contributed by atoms with E-state index in [1.165, 1.54) is 0 Å². The summed E-state index contributed by atoms with van der Waals surface area (Å²) in [5.74, 6) is 0.0695. The summed E-state index contributed by atoms with van der Waals surface area (Å²) in [6.07, 6.45) is 0. The first-order valence-corrected chi connectivity index (χ1v) is 5.72. The highest BCUT2D eigenvalue weighted by Crippen LogP contribution is 2.34. The third-order valence-corrected chi connectivity index (χ3v) is 3.46. The van der Waals surface area contributed by atoms with Gasteiger partial charge in [-0.3, -0.25) is 0 Å². The number of rotatable bonds is 2. The van der Waals surface area contributed by atoms with Crippen LogP contribution in [-0.4, -0.2) is 5.11 Å². The lowest BCUT2D eigenvalue weighted by molar-refractivity contribution is 0.466. The van der Waals surface area contributed by atoms with E-state index in [-0.39, 0.29) is 24.2 Å². The van der Waals surface area contributed by atoms with E-state index in [4.69, 9.17) is 17.3 Å². The molecule has 1 aromatic heterocycles. The maximum absolute atomic E-state index is 9.76. The zero-order valence-electron chi connectivity index (χ0n) is 8.26. The van der Waals surface area contributed by atoms with Crippen LogP contribution in [0.3, 0.4) is 0 Å². The second kappa shape index (κ2) is 5.55. The monoisotopic (exact) mass is 275 g/mol. The van der Waals surface area contributed by atoms with Gasteiger partial charge in [0.15, 0.2) is 0 Å². The van der Waals surface area contributed by atoms with Crippen molar-refractivity contribution in [3.8, 4) is 5.75 Å². The number of phenols is 1. The first kappa shape index (κ1) is 13.3. The van der Waals surface area contributed by atoms with Gasteiger partial charge in [-0.1, -0.05) is 29.8 Å². The summed E-state index contributed by atoms with van der Waals surface area (Å²) < 4.78 is 0. The van der Waals surface area contributed by atoms with E-state index in [2.05, 4.69) is 0 Å². The van der Waals surface area contributed by atoms with Crippen LogP contribution in [0.15, 0.2) is 35.7 Å². The van der Waals surface area contributed by atoms with Crippen molar-refractivity contribution in [3.05, 3.63) is 51.2 Å². The second-order valence-corrected chi connectivity index (χ2v) is 4.56. The van der Waals surface area contributed by atoms with Crippen LogP contribution in [0, 0.1) is 0 Å². The molecule has 5 heteroatoms. The topological polar surface area (TPSA) is 46.2 Å². The van der Waals surface area contributed by atoms with Crippen LogP contribution >= 0.6 is 35.3 Å². The van der Waals surface area contributed by atoms with Crippen LogP contribution in [0.4, 0.5) is 0 Å². The van der Waals surface area contributed by atoms with Gasteiger partial charge in [-0.05, 0) is 17.5 Å². The molecule has 1 atom stereocenters. The molecule has 16 heavy (non-hydrogen) atoms. The number of thiophene rings is 1. The molecule has 0 radical (unpaired) electrons. The summed E-state index contributed by atoms with van der Waals surface area (Å²) in [6, 6.07) is 8.76. The van der Waals surface area contributed by atoms with E-state index in [0.29, 0.717) is 10.6 Å². The quantitative estimate of drug-likeness (QED) is 0.880. The number of halogens is 2. The fourth-order valence-electron chi connectivity index (χ4n) is 1.40. The van der Waals surface area contributed by atoms with Gasteiger partial charge in [0.25, 0.3) is 0 Å². The van der Waals surface area contributed by atoms with Crippen molar-refractivity contribution in [2.45, 2.75) is 6.04 Å². The highest BCUT2D eigenvalue weighted by molar-refractivity contribution is 7.10. The fraction of sp³-hybridized carbons (Fsp3) is 0.0909. The maximum Gasteiger partial charge on any atom is 0.139 e. The summed E-state index contributed by atoms with van der Waals surface area (Å²) in [4.78, 5) is 1.01. The lowest BCUT2D eigenvalue weighted by atomic mass is 10.1. The minimum Gasteiger partial charge on any atom is -0.506 e. The Morgan fingerprint density at radius 2 is 2.00 bits per heavy atom. The Hall–Kier alpha value is -0.740. The summed E-state index contributed by atoms with van der Waals surface area (Å²) in [6.45, 7) is 0. The molecule has 2 aromatic rings. The molecule has 1 aromatic carbocycles. The Kier molecular flexibility index (Phi) is 4.62. The smallest absolute Gasteiger partial charge is 0.139 e. The van der Waals surface area contributed by atoms with Crippen LogP contribution < -0.4 is 5.73 Å². The highest BCUT2D eigenvalue weighted by atomic mass is 35.5. The molecule has 0 spiro atoms. The van der Waals surface area contributed by atoms with E-state index < -0.39 is 0 Å². The fourth-order valence-corrected chi connectivity index (χ4v) is 2.33. The predicted octanol–water partition coefficient (Wildman–Crippen LogP) is 3.58. The lowest BCUT2D eigenvalue weighted by Gasteiger charge is -2.12. The summed E-state index contributed by atoms with van der Waals surface area (Å²) >= 11 is 7.38. The Balaban J connectivity index is 0.00000128. The van der Waals surface area contributed by atoms with Crippen molar-refractivity contribution in [3.63, 3.8) is 0 Å². The molecule has 0 aliphatic rings. The van der Waals surface area contributed by atoms with Gasteiger partial charge in [0.2, 0.25) is 0 Å². The molecule has 0 unspecified atom stereocenters. The number of nitrogens with two attached hydrogens (primary N) is 1. The van der Waals surface area contributed by atoms with Crippen LogP contribution in [0.25, 0.3) is 0 Å². The molecule has 86 valence electrons. The van der Waals surface area contributed by atoms with Gasteiger partial charge in [0.05, 0.1) is 11.1 Å². The summed E-state index contributed by atoms with van der Waals surface area (Å²) in [5, 5.41) is 12.0. The van der Waals surface area contributed by atoms with Crippen molar-refractivity contribution < 1.29 is 5.11 Å². The van der Waals surface area contributed by atoms with Crippen LogP contribution in [0.2, 0.25) is 5.02 Å². The van der Waals surface area contributed by atoms with Gasteiger partial charge in [0, 0.05) is 10.4 Å². The first-order chi connectivity index (χ1) is 7.20. The normalized spacial score (nSPS) is 11.9. The maximum atomic E-state index is 9.76. The largest absolute Gasteiger partial charge is 0.506 e. The number of aromatic hydroxyl groups is 1. The Morgan fingerprint density at radius 1 is 1.25 bits per heavy atom. The van der Waals surface area contributed by atoms with Gasteiger partial charge >= 0.3 is 0 Å². The highest BCUT2D eigenvalue weighted by Gasteiger charge is 2.15. The number of hydrogen-bond donors (Lipinski definition) is 2. The standard InChI is InChI=1S/C11H10ClNOS.ClH/c12-8-4-1-3-7(11(8)14)10(13)9-5-2-6-15-9;/h1-6,10,14H,13H2;1H/t10-;/m1./s1. The molecule has 0 aliphatic carbocycles. The van der Waals surface area contributed by atoms with E-state index in [1.807, 2.05) is 17.5 Å². The van der Waals surface area contributed by atoms with E-state index in [1.54, 1.807) is 29.5 Å². The van der Waals surface area contributed by atoms with E-state index in [0.717, 1.165) is 4.88 Å². The van der Waals surface area contributed by atoms with Crippen LogP contribution in [-0.2, 0) is 0 Å². The lowest BCUT2D eigenvalue weighted by Crippen LogP contribution is -2.10. The molecule has 0 aliphatic heterocycles. The van der Waals surface area contributed by atoms with Gasteiger partial charge in [-0.25, -0.2) is 0 Å². The molecule has 3 N–H and O–H groups in total. The SMILES string of the molecule is Cl.N[C@@H](c1cccs1)c1cccc(Cl)c1O. The second-order valence-electron chi connectivity index (χ2n) is 3.17. The van der Waals surface area contributed by atoms with E-state index in [9.17, 15) is 5.11 Å². The van der Waals surface area contributed by atoms with Gasteiger partial charge < -0.3 is 10.8 Å². The molecule has 2 nitrogen and oxygen atoms in total. The predicted molar refractivity (Wildman–Crippen MR) is 70.7 cm³/mol. The molecule has 0 saturated carbocycles. The molecule has 0 fully saturated rings. The molecular weight excluding hydrogens is 265 g/mol. The molecule has 0 amide bonds. The Bertz CT molecular complexity index is 459. The third-order valence-electron chi connectivity index (χ3n) is 2.20. The number of phenolic OH excluding ortho intramolecular Hbond substituents is 1. The first-order valence-electron chi connectivity index (χ1n) is 4.46. The minimum atomic E-state index is -0.316. The van der Waals surface area contributed by atoms with Crippen molar-refractivity contribution in [2.75, 3.05) is 0 Å². The van der Waals surface area contributed by atoms with Gasteiger partial charge in [0.1, 0.15) is 5.75 Å². The van der Waals surface area contributed by atoms with Gasteiger partial charge in [-0.15, -0.1) is 23.7 Å². The molecular formula is C11H11Cl2NOS. The average molecular weight is 276 g/mol. The number of hydrogen-bond acceptors (Lipinski definition) is 3. The number of para-hydroxylation sites is 1. The van der Waals surface area contributed by atoms with Crippen LogP contribution in [0.5, 0.6) is 5.75 Å². The van der Waals surface area contributed by atoms with Crippen molar-refractivity contribution in [2.24, 2.45) is 5.73 Å². The zero-order chi connectivity index (χ0) is 10.8. The third kappa shape index (κ3) is 2.50. The number of benzene rings is 1.